The van der Waals surface area contributed by atoms with Crippen LogP contribution in [0.15, 0.2) is 18.2 Å². The average Bonchev–Trinajstić information content (AvgIpc) is 2.84. The Morgan fingerprint density at radius 1 is 0.872 bits per heavy atom. The summed E-state index contributed by atoms with van der Waals surface area (Å²) < 4.78 is 26.2. The topological polar surface area (TPSA) is 126 Å². The maximum Gasteiger partial charge on any atom is 0.508 e. The van der Waals surface area contributed by atoms with Gasteiger partial charge in [0.05, 0.1) is 13.7 Å². The van der Waals surface area contributed by atoms with E-state index in [9.17, 15) is 19.2 Å². The number of ether oxygens (including phenoxy) is 5. The number of rotatable bonds is 17. The van der Waals surface area contributed by atoms with E-state index < -0.39 is 36.2 Å². The number of hydrogen-bond donors (Lipinski definition) is 1. The summed E-state index contributed by atoms with van der Waals surface area (Å²) in [5, 5.41) is 3.05. The summed E-state index contributed by atoms with van der Waals surface area (Å²) in [5.74, 6) is -1.01. The summed E-state index contributed by atoms with van der Waals surface area (Å²) >= 11 is 0. The Kier molecular flexibility index (Phi) is 15.8. The molecule has 0 amide bonds. The first kappa shape index (κ1) is 33.9. The summed E-state index contributed by atoms with van der Waals surface area (Å²) in [7, 11) is 1.28. The average molecular weight is 552 g/mol. The summed E-state index contributed by atoms with van der Waals surface area (Å²) in [6, 6.07) is 4.01. The van der Waals surface area contributed by atoms with Crippen molar-refractivity contribution in [1.82, 2.24) is 5.32 Å². The summed E-state index contributed by atoms with van der Waals surface area (Å²) in [5.41, 5.74) is 0.637. The number of esters is 3. The molecule has 10 nitrogen and oxygen atoms in total. The highest BCUT2D eigenvalue weighted by atomic mass is 16.7. The minimum Gasteiger partial charge on any atom is -0.468 e. The van der Waals surface area contributed by atoms with Gasteiger partial charge in [-0.15, -0.1) is 0 Å². The second-order valence-corrected chi connectivity index (χ2v) is 10.3. The largest absolute Gasteiger partial charge is 0.508 e. The Morgan fingerprint density at radius 2 is 1.49 bits per heavy atom. The van der Waals surface area contributed by atoms with Gasteiger partial charge in [-0.1, -0.05) is 53.5 Å². The third kappa shape index (κ3) is 14.6. The Balaban J connectivity index is 2.95. The molecule has 39 heavy (non-hydrogen) atoms. The lowest BCUT2D eigenvalue weighted by molar-refractivity contribution is -0.143. The van der Waals surface area contributed by atoms with Gasteiger partial charge < -0.3 is 29.0 Å². The molecule has 0 aliphatic heterocycles. The van der Waals surface area contributed by atoms with Gasteiger partial charge in [0.1, 0.15) is 12.1 Å². The lowest BCUT2D eigenvalue weighted by Gasteiger charge is -2.20. The molecule has 0 aliphatic rings. The van der Waals surface area contributed by atoms with Gasteiger partial charge in [0, 0.05) is 19.4 Å². The van der Waals surface area contributed by atoms with Gasteiger partial charge in [0.25, 0.3) is 0 Å². The van der Waals surface area contributed by atoms with Crippen LogP contribution in [-0.4, -0.2) is 56.5 Å². The Hall–Kier alpha value is -3.14. The maximum atomic E-state index is 12.5. The number of carbonyl (C=O) groups excluding carboxylic acids is 4. The van der Waals surface area contributed by atoms with Gasteiger partial charge in [-0.25, -0.2) is 4.79 Å². The first-order valence-corrected chi connectivity index (χ1v) is 13.6. The third-order valence-corrected chi connectivity index (χ3v) is 5.45. The highest BCUT2D eigenvalue weighted by Gasteiger charge is 2.23. The van der Waals surface area contributed by atoms with Gasteiger partial charge in [-0.3, -0.25) is 14.4 Å². The van der Waals surface area contributed by atoms with E-state index in [1.807, 2.05) is 27.7 Å². The van der Waals surface area contributed by atoms with Gasteiger partial charge in [0.2, 0.25) is 0 Å². The molecule has 1 N–H and O–H groups in total. The fraction of sp³-hybridized carbons (Fsp3) is 0.655. The normalized spacial score (nSPS) is 12.5. The molecule has 0 aromatic heterocycles. The predicted molar refractivity (Wildman–Crippen MR) is 146 cm³/mol. The molecule has 1 unspecified atom stereocenters. The molecule has 0 fully saturated rings. The summed E-state index contributed by atoms with van der Waals surface area (Å²) in [4.78, 5) is 49.0. The standard InChI is InChI=1S/C29H45NO9/c1-8-9-10-13-36-29(34)37-21(6)18-30-23(28(33)35-7)16-22-11-12-24(38-26(31)14-19(2)3)25(17-22)39-27(32)15-20(4)5/h11-12,17,19-21,23,30H,8-10,13-16,18H2,1-7H3/t21?,23-/m0/s1. The first-order chi connectivity index (χ1) is 18.4. The molecule has 0 radical (unpaired) electrons. The van der Waals surface area contributed by atoms with Crippen molar-refractivity contribution in [3.8, 4) is 11.5 Å². The van der Waals surface area contributed by atoms with Crippen molar-refractivity contribution in [1.29, 1.82) is 0 Å². The van der Waals surface area contributed by atoms with Crippen LogP contribution >= 0.6 is 0 Å². The monoisotopic (exact) mass is 551 g/mol. The quantitative estimate of drug-likeness (QED) is 0.161. The van der Waals surface area contributed by atoms with Crippen molar-refractivity contribution in [2.75, 3.05) is 20.3 Å². The minimum atomic E-state index is -0.782. The smallest absolute Gasteiger partial charge is 0.468 e. The highest BCUT2D eigenvalue weighted by Crippen LogP contribution is 2.30. The van der Waals surface area contributed by atoms with Crippen LogP contribution in [0.5, 0.6) is 11.5 Å². The molecular weight excluding hydrogens is 506 g/mol. The molecule has 2 atom stereocenters. The van der Waals surface area contributed by atoms with Crippen LogP contribution in [0.3, 0.4) is 0 Å². The number of hydrogen-bond acceptors (Lipinski definition) is 10. The molecule has 0 bridgehead atoms. The van der Waals surface area contributed by atoms with Crippen molar-refractivity contribution >= 4 is 24.1 Å². The van der Waals surface area contributed by atoms with E-state index in [0.717, 1.165) is 19.3 Å². The first-order valence-electron chi connectivity index (χ1n) is 13.6. The zero-order valence-electron chi connectivity index (χ0n) is 24.4. The zero-order valence-corrected chi connectivity index (χ0v) is 24.4. The molecular formula is C29H45NO9. The Labute approximate surface area is 232 Å². The fourth-order valence-corrected chi connectivity index (χ4v) is 3.51. The van der Waals surface area contributed by atoms with Crippen LogP contribution in [0.25, 0.3) is 0 Å². The molecule has 1 aromatic rings. The van der Waals surface area contributed by atoms with E-state index >= 15 is 0 Å². The van der Waals surface area contributed by atoms with E-state index in [2.05, 4.69) is 12.2 Å². The lowest BCUT2D eigenvalue weighted by atomic mass is 10.0. The van der Waals surface area contributed by atoms with Crippen LogP contribution in [0.4, 0.5) is 4.79 Å². The van der Waals surface area contributed by atoms with Gasteiger partial charge in [0.15, 0.2) is 11.5 Å². The van der Waals surface area contributed by atoms with E-state index in [0.29, 0.717) is 12.2 Å². The van der Waals surface area contributed by atoms with Crippen LogP contribution in [-0.2, 0) is 35.0 Å². The highest BCUT2D eigenvalue weighted by molar-refractivity contribution is 5.77. The van der Waals surface area contributed by atoms with Crippen LogP contribution in [0.2, 0.25) is 0 Å². The number of nitrogens with one attached hydrogen (secondary N) is 1. The molecule has 0 aliphatic carbocycles. The Bertz CT molecular complexity index is 929. The van der Waals surface area contributed by atoms with Gasteiger partial charge in [-0.2, -0.15) is 0 Å². The van der Waals surface area contributed by atoms with E-state index in [-0.39, 0.29) is 49.1 Å². The zero-order chi connectivity index (χ0) is 29.4. The number of methoxy groups -OCH3 is 1. The lowest BCUT2D eigenvalue weighted by Crippen LogP contribution is -2.43. The minimum absolute atomic E-state index is 0.0818. The molecule has 1 aromatic carbocycles. The number of unbranched alkanes of at least 4 members (excludes halogenated alkanes) is 2. The predicted octanol–water partition coefficient (Wildman–Crippen LogP) is 5.00. The SMILES string of the molecule is CCCCCOC(=O)OC(C)CN[C@@H](Cc1ccc(OC(=O)CC(C)C)c(OC(=O)CC(C)C)c1)C(=O)OC. The van der Waals surface area contributed by atoms with Crippen molar-refractivity contribution in [2.24, 2.45) is 11.8 Å². The molecule has 0 saturated heterocycles. The number of benzene rings is 1. The number of carbonyl (C=O) groups is 4. The van der Waals surface area contributed by atoms with Crippen LogP contribution < -0.4 is 14.8 Å². The third-order valence-electron chi connectivity index (χ3n) is 5.45. The van der Waals surface area contributed by atoms with Crippen molar-refractivity contribution in [3.63, 3.8) is 0 Å². The van der Waals surface area contributed by atoms with Crippen molar-refractivity contribution < 1.29 is 42.9 Å². The van der Waals surface area contributed by atoms with Crippen molar-refractivity contribution in [3.05, 3.63) is 23.8 Å². The van der Waals surface area contributed by atoms with Crippen LogP contribution in [0.1, 0.15) is 79.2 Å². The van der Waals surface area contributed by atoms with E-state index in [1.165, 1.54) is 7.11 Å². The molecule has 220 valence electrons. The summed E-state index contributed by atoms with van der Waals surface area (Å²) in [6.07, 6.45) is 2.00. The van der Waals surface area contributed by atoms with E-state index in [1.54, 1.807) is 25.1 Å². The fourth-order valence-electron chi connectivity index (χ4n) is 3.51. The second kappa shape index (κ2) is 18.2. The molecule has 0 heterocycles. The second-order valence-electron chi connectivity index (χ2n) is 10.3. The molecule has 0 saturated carbocycles. The molecule has 10 heteroatoms. The summed E-state index contributed by atoms with van der Waals surface area (Å²) in [6.45, 7) is 11.8. The van der Waals surface area contributed by atoms with Gasteiger partial charge in [-0.05, 0) is 49.3 Å². The van der Waals surface area contributed by atoms with Gasteiger partial charge >= 0.3 is 24.1 Å². The van der Waals surface area contributed by atoms with Crippen LogP contribution in [0, 0.1) is 11.8 Å². The molecule has 1 rings (SSSR count). The maximum absolute atomic E-state index is 12.5. The van der Waals surface area contributed by atoms with Crippen molar-refractivity contribution in [2.45, 2.75) is 92.2 Å². The van der Waals surface area contributed by atoms with E-state index in [4.69, 9.17) is 23.7 Å². The Morgan fingerprint density at radius 3 is 2.05 bits per heavy atom. The molecule has 0 spiro atoms.